The van der Waals surface area contributed by atoms with E-state index in [1.54, 1.807) is 24.3 Å². The zero-order valence-corrected chi connectivity index (χ0v) is 17.9. The Balaban J connectivity index is 1.70. The van der Waals surface area contributed by atoms with Crippen LogP contribution in [0, 0.1) is 0 Å². The zero-order valence-electron chi connectivity index (χ0n) is 17.1. The van der Waals surface area contributed by atoms with Crippen LogP contribution < -0.4 is 5.32 Å². The van der Waals surface area contributed by atoms with Crippen molar-refractivity contribution in [3.05, 3.63) is 107 Å². The van der Waals surface area contributed by atoms with Crippen molar-refractivity contribution in [1.82, 2.24) is 5.32 Å². The first kappa shape index (κ1) is 20.9. The molecule has 0 fully saturated rings. The fourth-order valence-electron chi connectivity index (χ4n) is 3.70. The van der Waals surface area contributed by atoms with Gasteiger partial charge in [-0.05, 0) is 23.6 Å². The standard InChI is InChI=1S/C25H23NO4S/c1-31(28,29)17-21-20-14-8-9-15-23(20)30-24(21)25(27)26-22(19-12-6-3-7-13-19)16-18-10-4-2-5-11-18/h2-15,22H,16-17H2,1H3,(H,26,27). The lowest BCUT2D eigenvalue weighted by Crippen LogP contribution is -2.30. The maximum Gasteiger partial charge on any atom is 0.287 e. The Morgan fingerprint density at radius 1 is 0.903 bits per heavy atom. The lowest BCUT2D eigenvalue weighted by Gasteiger charge is -2.19. The fraction of sp³-hybridized carbons (Fsp3) is 0.160. The van der Waals surface area contributed by atoms with Crippen LogP contribution in [0.5, 0.6) is 0 Å². The maximum atomic E-state index is 13.3. The van der Waals surface area contributed by atoms with Gasteiger partial charge in [-0.2, -0.15) is 0 Å². The molecule has 5 nitrogen and oxygen atoms in total. The molecule has 0 spiro atoms. The molecule has 1 amide bonds. The van der Waals surface area contributed by atoms with Crippen LogP contribution in [-0.2, 0) is 22.0 Å². The second-order valence-electron chi connectivity index (χ2n) is 7.60. The van der Waals surface area contributed by atoms with Crippen LogP contribution in [0.4, 0.5) is 0 Å². The lowest BCUT2D eigenvalue weighted by molar-refractivity contribution is 0.0909. The summed E-state index contributed by atoms with van der Waals surface area (Å²) in [7, 11) is -3.36. The molecule has 0 saturated heterocycles. The minimum absolute atomic E-state index is 0.0422. The molecule has 0 bridgehead atoms. The number of amides is 1. The number of sulfone groups is 1. The highest BCUT2D eigenvalue weighted by Crippen LogP contribution is 2.28. The molecule has 158 valence electrons. The SMILES string of the molecule is CS(=O)(=O)Cc1c(C(=O)NC(Cc2ccccc2)c2ccccc2)oc2ccccc12. The molecular weight excluding hydrogens is 410 g/mol. The molecule has 1 heterocycles. The number of carbonyl (C=O) groups is 1. The van der Waals surface area contributed by atoms with Crippen LogP contribution in [0.3, 0.4) is 0 Å². The Kier molecular flexibility index (Phi) is 5.91. The predicted molar refractivity (Wildman–Crippen MR) is 122 cm³/mol. The Morgan fingerprint density at radius 3 is 2.19 bits per heavy atom. The van der Waals surface area contributed by atoms with Gasteiger partial charge in [-0.3, -0.25) is 4.79 Å². The Morgan fingerprint density at radius 2 is 1.52 bits per heavy atom. The monoisotopic (exact) mass is 433 g/mol. The number of hydrogen-bond acceptors (Lipinski definition) is 4. The maximum absolute atomic E-state index is 13.3. The number of benzene rings is 3. The van der Waals surface area contributed by atoms with Gasteiger partial charge >= 0.3 is 0 Å². The molecule has 6 heteroatoms. The van der Waals surface area contributed by atoms with Crippen molar-refractivity contribution in [2.75, 3.05) is 6.26 Å². The third-order valence-corrected chi connectivity index (χ3v) is 5.91. The minimum atomic E-state index is -3.36. The third-order valence-electron chi connectivity index (χ3n) is 5.10. The number of para-hydroxylation sites is 1. The van der Waals surface area contributed by atoms with E-state index in [1.165, 1.54) is 0 Å². The molecule has 1 aromatic heterocycles. The molecule has 3 aromatic carbocycles. The normalized spacial score (nSPS) is 12.5. The number of carbonyl (C=O) groups excluding carboxylic acids is 1. The molecule has 1 unspecified atom stereocenters. The fourth-order valence-corrected chi connectivity index (χ4v) is 4.51. The van der Waals surface area contributed by atoms with Crippen molar-refractivity contribution >= 4 is 26.7 Å². The van der Waals surface area contributed by atoms with Gasteiger partial charge in [0.2, 0.25) is 0 Å². The summed E-state index contributed by atoms with van der Waals surface area (Å²) in [6.07, 6.45) is 1.75. The average Bonchev–Trinajstić information content (AvgIpc) is 3.12. The number of fused-ring (bicyclic) bond motifs is 1. The molecule has 4 rings (SSSR count). The van der Waals surface area contributed by atoms with Crippen LogP contribution in [-0.4, -0.2) is 20.6 Å². The van der Waals surface area contributed by atoms with E-state index >= 15 is 0 Å². The minimum Gasteiger partial charge on any atom is -0.451 e. The topological polar surface area (TPSA) is 76.4 Å². The predicted octanol–water partition coefficient (Wildman–Crippen LogP) is 4.69. The Labute approximate surface area is 181 Å². The van der Waals surface area contributed by atoms with E-state index < -0.39 is 15.7 Å². The van der Waals surface area contributed by atoms with Crippen LogP contribution in [0.2, 0.25) is 0 Å². The molecule has 1 atom stereocenters. The summed E-state index contributed by atoms with van der Waals surface area (Å²) in [5.74, 6) is -0.651. The van der Waals surface area contributed by atoms with Crippen LogP contribution >= 0.6 is 0 Å². The van der Waals surface area contributed by atoms with Gasteiger partial charge in [-0.1, -0.05) is 78.9 Å². The van der Waals surface area contributed by atoms with Gasteiger partial charge in [0.1, 0.15) is 5.58 Å². The van der Waals surface area contributed by atoms with Gasteiger partial charge in [0.05, 0.1) is 11.8 Å². The van der Waals surface area contributed by atoms with E-state index in [1.807, 2.05) is 60.7 Å². The van der Waals surface area contributed by atoms with Crippen molar-refractivity contribution in [2.45, 2.75) is 18.2 Å². The van der Waals surface area contributed by atoms with Crippen molar-refractivity contribution in [2.24, 2.45) is 0 Å². The van der Waals surface area contributed by atoms with E-state index in [0.29, 0.717) is 23.0 Å². The Hall–Kier alpha value is -3.38. The molecule has 0 aliphatic carbocycles. The van der Waals surface area contributed by atoms with Crippen LogP contribution in [0.1, 0.15) is 33.3 Å². The highest BCUT2D eigenvalue weighted by atomic mass is 32.2. The van der Waals surface area contributed by atoms with E-state index in [-0.39, 0.29) is 17.6 Å². The number of hydrogen-bond donors (Lipinski definition) is 1. The number of nitrogens with one attached hydrogen (secondary N) is 1. The Bertz CT molecular complexity index is 1300. The largest absolute Gasteiger partial charge is 0.451 e. The molecule has 31 heavy (non-hydrogen) atoms. The second kappa shape index (κ2) is 8.78. The highest BCUT2D eigenvalue weighted by Gasteiger charge is 2.25. The molecule has 1 N–H and O–H groups in total. The molecule has 0 aliphatic heterocycles. The average molecular weight is 434 g/mol. The summed E-state index contributed by atoms with van der Waals surface area (Å²) in [5, 5.41) is 3.69. The third kappa shape index (κ3) is 5.03. The van der Waals surface area contributed by atoms with Gasteiger partial charge in [0, 0.05) is 17.2 Å². The zero-order chi connectivity index (χ0) is 21.8. The molecule has 0 radical (unpaired) electrons. The lowest BCUT2D eigenvalue weighted by atomic mass is 9.98. The number of rotatable bonds is 7. The number of furan rings is 1. The van der Waals surface area contributed by atoms with Crippen LogP contribution in [0.15, 0.2) is 89.3 Å². The van der Waals surface area contributed by atoms with Crippen molar-refractivity contribution in [1.29, 1.82) is 0 Å². The van der Waals surface area contributed by atoms with E-state index in [9.17, 15) is 13.2 Å². The molecule has 0 saturated carbocycles. The van der Waals surface area contributed by atoms with Gasteiger partial charge in [0.15, 0.2) is 15.6 Å². The summed E-state index contributed by atoms with van der Waals surface area (Å²) >= 11 is 0. The molecular formula is C25H23NO4S. The van der Waals surface area contributed by atoms with Gasteiger partial charge < -0.3 is 9.73 Å². The van der Waals surface area contributed by atoms with Crippen molar-refractivity contribution in [3.8, 4) is 0 Å². The molecule has 4 aromatic rings. The van der Waals surface area contributed by atoms with Crippen LogP contribution in [0.25, 0.3) is 11.0 Å². The van der Waals surface area contributed by atoms with Crippen molar-refractivity contribution in [3.63, 3.8) is 0 Å². The smallest absolute Gasteiger partial charge is 0.287 e. The summed E-state index contributed by atoms with van der Waals surface area (Å²) in [6.45, 7) is 0. The first-order valence-corrected chi connectivity index (χ1v) is 12.0. The summed E-state index contributed by atoms with van der Waals surface area (Å²) in [5.41, 5.74) is 2.92. The molecule has 0 aliphatic rings. The quantitative estimate of drug-likeness (QED) is 0.459. The first-order chi connectivity index (χ1) is 14.9. The summed E-state index contributed by atoms with van der Waals surface area (Å²) < 4.78 is 29.9. The van der Waals surface area contributed by atoms with E-state index in [4.69, 9.17) is 4.42 Å². The summed E-state index contributed by atoms with van der Waals surface area (Å²) in [6, 6.07) is 26.4. The van der Waals surface area contributed by atoms with Gasteiger partial charge in [-0.15, -0.1) is 0 Å². The highest BCUT2D eigenvalue weighted by molar-refractivity contribution is 7.89. The van der Waals surface area contributed by atoms with Gasteiger partial charge in [-0.25, -0.2) is 8.42 Å². The second-order valence-corrected chi connectivity index (χ2v) is 9.74. The first-order valence-electron chi connectivity index (χ1n) is 9.98. The van der Waals surface area contributed by atoms with Gasteiger partial charge in [0.25, 0.3) is 5.91 Å². The van der Waals surface area contributed by atoms with E-state index in [2.05, 4.69) is 5.32 Å². The summed E-state index contributed by atoms with van der Waals surface area (Å²) in [4.78, 5) is 13.3. The van der Waals surface area contributed by atoms with E-state index in [0.717, 1.165) is 17.4 Å². The van der Waals surface area contributed by atoms with Crippen molar-refractivity contribution < 1.29 is 17.6 Å².